The minimum atomic E-state index is 0.223. The Labute approximate surface area is 114 Å². The standard InChI is InChI=1S/C12H13ClN4S/c1-7-8-3-5-18-9(8)2-4-17(7)11-6-10(13)15-12(14)16-11/h3,5-7H,2,4H2,1H3,(H2,14,15,16)/t7-/m0/s1. The molecule has 2 N–H and O–H groups in total. The molecule has 0 aliphatic carbocycles. The van der Waals surface area contributed by atoms with Gasteiger partial charge in [0.1, 0.15) is 11.0 Å². The maximum atomic E-state index is 5.94. The molecule has 18 heavy (non-hydrogen) atoms. The van der Waals surface area contributed by atoms with Gasteiger partial charge in [-0.1, -0.05) is 11.6 Å². The fraction of sp³-hybridized carbons (Fsp3) is 0.333. The predicted octanol–water partition coefficient (Wildman–Crippen LogP) is 2.90. The third-order valence-corrected chi connectivity index (χ3v) is 4.46. The van der Waals surface area contributed by atoms with Gasteiger partial charge in [0, 0.05) is 17.5 Å². The molecule has 1 aliphatic heterocycles. The van der Waals surface area contributed by atoms with Gasteiger partial charge >= 0.3 is 0 Å². The fourth-order valence-corrected chi connectivity index (χ4v) is 3.54. The molecule has 0 bridgehead atoms. The summed E-state index contributed by atoms with van der Waals surface area (Å²) in [7, 11) is 0. The number of nitrogen functional groups attached to an aromatic ring is 1. The van der Waals surface area contributed by atoms with Crippen LogP contribution in [0.15, 0.2) is 17.5 Å². The highest BCUT2D eigenvalue weighted by molar-refractivity contribution is 7.10. The van der Waals surface area contributed by atoms with Crippen LogP contribution in [0.4, 0.5) is 11.8 Å². The van der Waals surface area contributed by atoms with Crippen molar-refractivity contribution < 1.29 is 0 Å². The molecule has 6 heteroatoms. The third-order valence-electron chi connectivity index (χ3n) is 3.27. The van der Waals surface area contributed by atoms with Crippen molar-refractivity contribution in [1.82, 2.24) is 9.97 Å². The molecule has 0 fully saturated rings. The largest absolute Gasteiger partial charge is 0.368 e. The quantitative estimate of drug-likeness (QED) is 0.816. The van der Waals surface area contributed by atoms with Crippen molar-refractivity contribution in [3.63, 3.8) is 0 Å². The number of fused-ring (bicyclic) bond motifs is 1. The van der Waals surface area contributed by atoms with Gasteiger partial charge in [-0.25, -0.2) is 4.98 Å². The smallest absolute Gasteiger partial charge is 0.223 e. The minimum Gasteiger partial charge on any atom is -0.368 e. The molecule has 0 spiro atoms. The molecule has 1 aliphatic rings. The Morgan fingerprint density at radius 1 is 1.50 bits per heavy atom. The number of thiophene rings is 1. The van der Waals surface area contributed by atoms with Gasteiger partial charge < -0.3 is 10.6 Å². The number of anilines is 2. The molecule has 1 atom stereocenters. The van der Waals surface area contributed by atoms with Crippen LogP contribution in [0.5, 0.6) is 0 Å². The van der Waals surface area contributed by atoms with E-state index in [2.05, 4.69) is 33.2 Å². The summed E-state index contributed by atoms with van der Waals surface area (Å²) in [4.78, 5) is 11.9. The van der Waals surface area contributed by atoms with Crippen LogP contribution in [0.1, 0.15) is 23.4 Å². The monoisotopic (exact) mass is 280 g/mol. The second-order valence-corrected chi connectivity index (χ2v) is 5.71. The second-order valence-electron chi connectivity index (χ2n) is 4.33. The number of rotatable bonds is 1. The van der Waals surface area contributed by atoms with Crippen molar-refractivity contribution in [1.29, 1.82) is 0 Å². The molecule has 94 valence electrons. The molecule has 2 aromatic rings. The van der Waals surface area contributed by atoms with E-state index in [4.69, 9.17) is 17.3 Å². The van der Waals surface area contributed by atoms with E-state index in [9.17, 15) is 0 Å². The lowest BCUT2D eigenvalue weighted by Gasteiger charge is -2.34. The number of halogens is 1. The van der Waals surface area contributed by atoms with E-state index in [0.717, 1.165) is 18.8 Å². The van der Waals surface area contributed by atoms with Crippen molar-refractivity contribution in [2.24, 2.45) is 0 Å². The number of nitrogens with zero attached hydrogens (tertiary/aromatic N) is 3. The molecule has 3 rings (SSSR count). The molecule has 0 radical (unpaired) electrons. The molecule has 0 saturated carbocycles. The average Bonchev–Trinajstić information content (AvgIpc) is 2.77. The lowest BCUT2D eigenvalue weighted by Crippen LogP contribution is -2.33. The minimum absolute atomic E-state index is 0.223. The maximum absolute atomic E-state index is 5.94. The van der Waals surface area contributed by atoms with Crippen molar-refractivity contribution >= 4 is 34.7 Å². The van der Waals surface area contributed by atoms with Crippen molar-refractivity contribution in [2.75, 3.05) is 17.2 Å². The first kappa shape index (κ1) is 11.7. The molecule has 0 unspecified atom stereocenters. The first-order chi connectivity index (χ1) is 8.65. The molecular formula is C12H13ClN4S. The van der Waals surface area contributed by atoms with Gasteiger partial charge in [0.05, 0.1) is 6.04 Å². The van der Waals surface area contributed by atoms with E-state index in [1.54, 1.807) is 6.07 Å². The molecule has 0 saturated heterocycles. The van der Waals surface area contributed by atoms with Gasteiger partial charge in [-0.05, 0) is 30.4 Å². The van der Waals surface area contributed by atoms with Gasteiger partial charge in [-0.2, -0.15) is 4.98 Å². The fourth-order valence-electron chi connectivity index (χ4n) is 2.39. The van der Waals surface area contributed by atoms with Crippen molar-refractivity contribution in [2.45, 2.75) is 19.4 Å². The molecule has 3 heterocycles. The first-order valence-corrected chi connectivity index (χ1v) is 7.04. The summed E-state index contributed by atoms with van der Waals surface area (Å²) in [6, 6.07) is 4.25. The molecule has 2 aromatic heterocycles. The lowest BCUT2D eigenvalue weighted by molar-refractivity contribution is 0.624. The highest BCUT2D eigenvalue weighted by atomic mass is 35.5. The number of nitrogens with two attached hydrogens (primary N) is 1. The summed E-state index contributed by atoms with van der Waals surface area (Å²) < 4.78 is 0. The molecule has 4 nitrogen and oxygen atoms in total. The lowest BCUT2D eigenvalue weighted by atomic mass is 10.0. The van der Waals surface area contributed by atoms with Crippen LogP contribution < -0.4 is 10.6 Å². The van der Waals surface area contributed by atoms with Crippen LogP contribution in [0.25, 0.3) is 0 Å². The van der Waals surface area contributed by atoms with Crippen LogP contribution in [0, 0.1) is 0 Å². The third kappa shape index (κ3) is 1.93. The predicted molar refractivity (Wildman–Crippen MR) is 75.2 cm³/mol. The highest BCUT2D eigenvalue weighted by Gasteiger charge is 2.26. The first-order valence-electron chi connectivity index (χ1n) is 5.78. The number of aromatic nitrogens is 2. The van der Waals surface area contributed by atoms with Gasteiger partial charge in [0.15, 0.2) is 0 Å². The average molecular weight is 281 g/mol. The Hall–Kier alpha value is -1.33. The van der Waals surface area contributed by atoms with E-state index < -0.39 is 0 Å². The summed E-state index contributed by atoms with van der Waals surface area (Å²) >= 11 is 7.76. The van der Waals surface area contributed by atoms with E-state index in [1.165, 1.54) is 10.4 Å². The van der Waals surface area contributed by atoms with E-state index in [-0.39, 0.29) is 5.95 Å². The normalized spacial score (nSPS) is 18.8. The van der Waals surface area contributed by atoms with Crippen LogP contribution in [-0.4, -0.2) is 16.5 Å². The van der Waals surface area contributed by atoms with E-state index in [1.807, 2.05) is 11.3 Å². The zero-order chi connectivity index (χ0) is 12.7. The number of hydrogen-bond acceptors (Lipinski definition) is 5. The van der Waals surface area contributed by atoms with Crippen LogP contribution >= 0.6 is 22.9 Å². The molecular weight excluding hydrogens is 268 g/mol. The van der Waals surface area contributed by atoms with Crippen LogP contribution in [-0.2, 0) is 6.42 Å². The molecule has 0 aromatic carbocycles. The zero-order valence-electron chi connectivity index (χ0n) is 9.93. The van der Waals surface area contributed by atoms with Gasteiger partial charge in [-0.3, -0.25) is 0 Å². The second kappa shape index (κ2) is 4.40. The van der Waals surface area contributed by atoms with Crippen LogP contribution in [0.2, 0.25) is 5.15 Å². The summed E-state index contributed by atoms with van der Waals surface area (Å²) in [5.74, 6) is 1.03. The van der Waals surface area contributed by atoms with Gasteiger partial charge in [0.2, 0.25) is 5.95 Å². The summed E-state index contributed by atoms with van der Waals surface area (Å²) in [6.07, 6.45) is 1.04. The Morgan fingerprint density at radius 3 is 3.11 bits per heavy atom. The highest BCUT2D eigenvalue weighted by Crippen LogP contribution is 2.35. The van der Waals surface area contributed by atoms with Crippen LogP contribution in [0.3, 0.4) is 0 Å². The van der Waals surface area contributed by atoms with Gasteiger partial charge in [-0.15, -0.1) is 11.3 Å². The topological polar surface area (TPSA) is 55.0 Å². The maximum Gasteiger partial charge on any atom is 0.223 e. The van der Waals surface area contributed by atoms with Gasteiger partial charge in [0.25, 0.3) is 0 Å². The van der Waals surface area contributed by atoms with Crippen molar-refractivity contribution in [3.8, 4) is 0 Å². The Balaban J connectivity index is 1.99. The molecule has 0 amide bonds. The van der Waals surface area contributed by atoms with E-state index >= 15 is 0 Å². The van der Waals surface area contributed by atoms with E-state index in [0.29, 0.717) is 11.2 Å². The summed E-state index contributed by atoms with van der Waals surface area (Å²) in [6.45, 7) is 3.11. The zero-order valence-corrected chi connectivity index (χ0v) is 11.5. The Morgan fingerprint density at radius 2 is 2.33 bits per heavy atom. The SMILES string of the molecule is C[C@H]1c2ccsc2CCN1c1cc(Cl)nc(N)n1. The summed E-state index contributed by atoms with van der Waals surface area (Å²) in [5, 5.41) is 2.53. The Bertz CT molecular complexity index is 563. The summed E-state index contributed by atoms with van der Waals surface area (Å²) in [5.41, 5.74) is 7.03. The number of hydrogen-bond donors (Lipinski definition) is 1. The Kier molecular flexibility index (Phi) is 2.87. The van der Waals surface area contributed by atoms with Crippen molar-refractivity contribution in [3.05, 3.63) is 33.1 Å².